The molecule has 1 amide bonds. The number of fused-ring (bicyclic) bond motifs is 2. The highest BCUT2D eigenvalue weighted by Gasteiger charge is 2.48. The van der Waals surface area contributed by atoms with E-state index in [1.807, 2.05) is 17.0 Å². The molecule has 0 N–H and O–H groups in total. The molecule has 2 heterocycles. The zero-order valence-corrected chi connectivity index (χ0v) is 14.9. The fraction of sp³-hybridized carbons (Fsp3) is 0.600. The third-order valence-corrected chi connectivity index (χ3v) is 6.00. The van der Waals surface area contributed by atoms with Gasteiger partial charge in [0.25, 0.3) is 5.91 Å². The van der Waals surface area contributed by atoms with Gasteiger partial charge in [-0.3, -0.25) is 4.79 Å². The molecule has 2 saturated heterocycles. The molecule has 1 aromatic rings. The molecule has 5 nitrogen and oxygen atoms in total. The second kappa shape index (κ2) is 6.45. The highest BCUT2D eigenvalue weighted by molar-refractivity contribution is 5.97. The first-order valence-corrected chi connectivity index (χ1v) is 9.27. The number of nitrogens with zero attached hydrogens (tertiary/aromatic N) is 1. The van der Waals surface area contributed by atoms with Gasteiger partial charge in [-0.15, -0.1) is 0 Å². The summed E-state index contributed by atoms with van der Waals surface area (Å²) in [4.78, 5) is 27.3. The molecule has 5 heteroatoms. The van der Waals surface area contributed by atoms with Crippen LogP contribution in [0.2, 0.25) is 0 Å². The number of rotatable bonds is 2. The predicted molar refractivity (Wildman–Crippen MR) is 92.4 cm³/mol. The van der Waals surface area contributed by atoms with Crippen LogP contribution < -0.4 is 0 Å². The maximum atomic E-state index is 13.4. The Hall–Kier alpha value is -1.88. The molecule has 4 unspecified atom stereocenters. The largest absolute Gasteiger partial charge is 0.467 e. The van der Waals surface area contributed by atoms with Crippen molar-refractivity contribution in [3.63, 3.8) is 0 Å². The molecule has 1 aromatic carbocycles. The Kier molecular flexibility index (Phi) is 4.28. The highest BCUT2D eigenvalue weighted by Crippen LogP contribution is 2.37. The molecule has 1 aliphatic carbocycles. The number of carbonyl (C=O) groups excluding carboxylic acids is 2. The maximum Gasteiger partial charge on any atom is 0.335 e. The minimum atomic E-state index is -0.554. The van der Waals surface area contributed by atoms with Crippen LogP contribution in [0.15, 0.2) is 18.2 Å². The SMILES string of the molecule is COC(=O)C1CC2C(CCC(C)N2C(=O)c2cccc3c2CCC3)O1. The third kappa shape index (κ3) is 2.74. The summed E-state index contributed by atoms with van der Waals surface area (Å²) < 4.78 is 10.7. The van der Waals surface area contributed by atoms with E-state index in [0.29, 0.717) is 6.42 Å². The van der Waals surface area contributed by atoms with Crippen molar-refractivity contribution in [2.45, 2.75) is 69.7 Å². The summed E-state index contributed by atoms with van der Waals surface area (Å²) >= 11 is 0. The van der Waals surface area contributed by atoms with Gasteiger partial charge in [-0.2, -0.15) is 0 Å². The third-order valence-electron chi connectivity index (χ3n) is 6.00. The average Bonchev–Trinajstić information content (AvgIpc) is 3.26. The molecule has 4 rings (SSSR count). The molecule has 0 saturated carbocycles. The lowest BCUT2D eigenvalue weighted by molar-refractivity contribution is -0.153. The molecule has 134 valence electrons. The van der Waals surface area contributed by atoms with Crippen molar-refractivity contribution in [2.75, 3.05) is 7.11 Å². The van der Waals surface area contributed by atoms with Crippen LogP contribution in [-0.2, 0) is 27.1 Å². The molecule has 0 aromatic heterocycles. The summed E-state index contributed by atoms with van der Waals surface area (Å²) in [6.07, 6.45) is 4.85. The van der Waals surface area contributed by atoms with Crippen molar-refractivity contribution >= 4 is 11.9 Å². The molecule has 25 heavy (non-hydrogen) atoms. The maximum absolute atomic E-state index is 13.4. The second-order valence-corrected chi connectivity index (χ2v) is 7.42. The quantitative estimate of drug-likeness (QED) is 0.774. The molecular weight excluding hydrogens is 318 g/mol. The Morgan fingerprint density at radius 1 is 1.24 bits per heavy atom. The summed E-state index contributed by atoms with van der Waals surface area (Å²) in [5, 5.41) is 0. The van der Waals surface area contributed by atoms with Crippen LogP contribution in [0.1, 0.15) is 54.1 Å². The first-order chi connectivity index (χ1) is 12.1. The van der Waals surface area contributed by atoms with E-state index in [2.05, 4.69) is 13.0 Å². The van der Waals surface area contributed by atoms with Crippen LogP contribution in [-0.4, -0.2) is 48.2 Å². The first kappa shape index (κ1) is 16.6. The van der Waals surface area contributed by atoms with Crippen LogP contribution >= 0.6 is 0 Å². The zero-order chi connectivity index (χ0) is 17.6. The highest BCUT2D eigenvalue weighted by atomic mass is 16.6. The Balaban J connectivity index is 1.63. The number of likely N-dealkylation sites (tertiary alicyclic amines) is 1. The standard InChI is InChI=1S/C20H25NO4/c1-12-9-10-17-16(11-18(25-17)20(23)24-2)21(12)19(22)15-8-4-6-13-5-3-7-14(13)15/h4,6,8,12,16-18H,3,5,7,9-11H2,1-2H3. The number of ether oxygens (including phenoxy) is 2. The van der Waals surface area contributed by atoms with Crippen LogP contribution in [0.25, 0.3) is 0 Å². The van der Waals surface area contributed by atoms with Gasteiger partial charge in [-0.05, 0) is 56.2 Å². The van der Waals surface area contributed by atoms with E-state index in [1.54, 1.807) is 0 Å². The van der Waals surface area contributed by atoms with Crippen LogP contribution in [0.5, 0.6) is 0 Å². The van der Waals surface area contributed by atoms with Gasteiger partial charge in [0.1, 0.15) is 0 Å². The lowest BCUT2D eigenvalue weighted by Gasteiger charge is -2.41. The van der Waals surface area contributed by atoms with Gasteiger partial charge in [0.05, 0.1) is 19.3 Å². The van der Waals surface area contributed by atoms with Gasteiger partial charge in [0, 0.05) is 18.0 Å². The van der Waals surface area contributed by atoms with Gasteiger partial charge >= 0.3 is 5.97 Å². The van der Waals surface area contributed by atoms with Crippen molar-refractivity contribution in [3.05, 3.63) is 34.9 Å². The predicted octanol–water partition coefficient (Wildman–Crippen LogP) is 2.50. The van der Waals surface area contributed by atoms with E-state index in [-0.39, 0.29) is 30.1 Å². The van der Waals surface area contributed by atoms with Crippen molar-refractivity contribution in [1.82, 2.24) is 4.90 Å². The Morgan fingerprint density at radius 3 is 2.88 bits per heavy atom. The first-order valence-electron chi connectivity index (χ1n) is 9.27. The minimum Gasteiger partial charge on any atom is -0.467 e. The number of esters is 1. The van der Waals surface area contributed by atoms with Crippen LogP contribution in [0.3, 0.4) is 0 Å². The molecule has 2 aliphatic heterocycles. The summed E-state index contributed by atoms with van der Waals surface area (Å²) in [5.74, 6) is -0.245. The molecule has 3 aliphatic rings. The van der Waals surface area contributed by atoms with E-state index in [9.17, 15) is 9.59 Å². The monoisotopic (exact) mass is 343 g/mol. The van der Waals surface area contributed by atoms with Crippen LogP contribution in [0, 0.1) is 0 Å². The Bertz CT molecular complexity index is 701. The molecule has 2 fully saturated rings. The number of methoxy groups -OCH3 is 1. The van der Waals surface area contributed by atoms with Gasteiger partial charge in [-0.25, -0.2) is 4.79 Å². The molecule has 4 atom stereocenters. The number of amides is 1. The Labute approximate surface area is 148 Å². The van der Waals surface area contributed by atoms with E-state index >= 15 is 0 Å². The van der Waals surface area contributed by atoms with E-state index in [0.717, 1.165) is 37.7 Å². The van der Waals surface area contributed by atoms with E-state index in [4.69, 9.17) is 9.47 Å². The van der Waals surface area contributed by atoms with E-state index in [1.165, 1.54) is 18.2 Å². The molecule has 0 spiro atoms. The lowest BCUT2D eigenvalue weighted by Crippen LogP contribution is -2.53. The Morgan fingerprint density at radius 2 is 2.08 bits per heavy atom. The van der Waals surface area contributed by atoms with Crippen molar-refractivity contribution in [3.8, 4) is 0 Å². The number of carbonyl (C=O) groups is 2. The topological polar surface area (TPSA) is 55.8 Å². The fourth-order valence-electron chi connectivity index (χ4n) is 4.75. The second-order valence-electron chi connectivity index (χ2n) is 7.42. The average molecular weight is 343 g/mol. The summed E-state index contributed by atoms with van der Waals surface area (Å²) in [6, 6.07) is 6.19. The van der Waals surface area contributed by atoms with Crippen LogP contribution in [0.4, 0.5) is 0 Å². The smallest absolute Gasteiger partial charge is 0.335 e. The fourth-order valence-corrected chi connectivity index (χ4v) is 4.75. The number of hydrogen-bond acceptors (Lipinski definition) is 4. The molecule has 0 bridgehead atoms. The van der Waals surface area contributed by atoms with Gasteiger partial charge < -0.3 is 14.4 Å². The number of piperidine rings is 1. The van der Waals surface area contributed by atoms with Gasteiger partial charge in [0.2, 0.25) is 0 Å². The molecular formula is C20H25NO4. The summed E-state index contributed by atoms with van der Waals surface area (Å²) in [7, 11) is 1.38. The van der Waals surface area contributed by atoms with Gasteiger partial charge in [0.15, 0.2) is 6.10 Å². The number of hydrogen-bond donors (Lipinski definition) is 0. The zero-order valence-electron chi connectivity index (χ0n) is 14.9. The van der Waals surface area contributed by atoms with Crippen molar-refractivity contribution in [1.29, 1.82) is 0 Å². The number of benzene rings is 1. The molecule has 0 radical (unpaired) electrons. The normalized spacial score (nSPS) is 30.7. The van der Waals surface area contributed by atoms with E-state index < -0.39 is 6.10 Å². The van der Waals surface area contributed by atoms with Gasteiger partial charge in [-0.1, -0.05) is 12.1 Å². The lowest BCUT2D eigenvalue weighted by atomic mass is 9.91. The minimum absolute atomic E-state index is 0.0439. The van der Waals surface area contributed by atoms with Crippen molar-refractivity contribution in [2.24, 2.45) is 0 Å². The summed E-state index contributed by atoms with van der Waals surface area (Å²) in [6.45, 7) is 2.10. The van der Waals surface area contributed by atoms with Crippen molar-refractivity contribution < 1.29 is 19.1 Å². The number of aryl methyl sites for hydroxylation is 1. The summed E-state index contributed by atoms with van der Waals surface area (Å²) in [5.41, 5.74) is 3.36.